The minimum atomic E-state index is 0.500. The Hall–Kier alpha value is -13.9. The zero-order valence-corrected chi connectivity index (χ0v) is 88.8. The molecule has 0 aromatic carbocycles. The minimum Gasteiger partial charge on any atom is -0.475 e. The number of hydrogen-bond donors (Lipinski definition) is 9. The highest BCUT2D eigenvalue weighted by atomic mass is 16.5. The van der Waals surface area contributed by atoms with Gasteiger partial charge in [-0.2, -0.15) is 0 Å². The number of fused-ring (bicyclic) bond motifs is 21. The number of likely N-dealkylation sites (tertiary alicyclic amines) is 3. The Morgan fingerprint density at radius 1 is 0.300 bits per heavy atom. The third kappa shape index (κ3) is 23.3. The van der Waals surface area contributed by atoms with Crippen LogP contribution in [0.1, 0.15) is 208 Å². The SMILES string of the molecule is CC(C)N(CCOc1nn2c3c(ccc2c1N)CCC3)C(C)C.CN(C)CCNc1nn2c3c(ccc2c1N)CCC3.Nc1c(NCCN2CCCC2)nn2c3c(ccc12)CCC3.Nc1c(OCCN2CCCC2)nn2c3c(ccc12)CCC3.Nc1c(OCCN2CCCCC2)nn2c3c(ccc12)CCC3.Nc1c(OCCc2ccccn2)nn2c3c(ccc12)CCC3.Nc1c(OCCc2cccnc2)nn2c3c(ccc12)CCC3. The first-order chi connectivity index (χ1) is 73.3. The largest absolute Gasteiger partial charge is 0.475 e. The molecular formula is C115H154N30O5. The highest BCUT2D eigenvalue weighted by Crippen LogP contribution is 2.40. The number of piperidine rings is 1. The molecule has 3 aliphatic heterocycles. The number of aryl methyl sites for hydroxylation is 14. The highest BCUT2D eigenvalue weighted by Gasteiger charge is 2.30. The molecule has 35 nitrogen and oxygen atoms in total. The van der Waals surface area contributed by atoms with Gasteiger partial charge in [0.2, 0.25) is 0 Å². The van der Waals surface area contributed by atoms with Gasteiger partial charge in [-0.15, -0.1) is 35.7 Å². The van der Waals surface area contributed by atoms with E-state index in [1.54, 1.807) is 12.4 Å². The van der Waals surface area contributed by atoms with E-state index >= 15 is 0 Å². The Morgan fingerprint density at radius 3 is 0.940 bits per heavy atom. The minimum absolute atomic E-state index is 0.500. The molecule has 16 aromatic heterocycles. The normalized spacial score (nSPS) is 15.9. The van der Waals surface area contributed by atoms with Crippen LogP contribution < -0.4 is 74.5 Å². The van der Waals surface area contributed by atoms with Crippen molar-refractivity contribution in [3.05, 3.63) is 224 Å². The first kappa shape index (κ1) is 103. The molecule has 16 N–H and O–H groups in total. The lowest BCUT2D eigenvalue weighted by Gasteiger charge is -2.30. The van der Waals surface area contributed by atoms with E-state index in [4.69, 9.17) is 68.9 Å². The van der Waals surface area contributed by atoms with Crippen LogP contribution >= 0.6 is 0 Å². The zero-order valence-electron chi connectivity index (χ0n) is 88.8. The van der Waals surface area contributed by atoms with E-state index < -0.39 is 0 Å². The fraction of sp³-hybridized carbons (Fsp3) is 0.487. The summed E-state index contributed by atoms with van der Waals surface area (Å²) in [6.45, 7) is 25.7. The number of aromatic nitrogens is 16. The van der Waals surface area contributed by atoms with Crippen LogP contribution in [0.2, 0.25) is 0 Å². The molecule has 10 aliphatic rings. The second kappa shape index (κ2) is 48.0. The lowest BCUT2D eigenvalue weighted by atomic mass is 10.1. The van der Waals surface area contributed by atoms with Crippen molar-refractivity contribution in [1.29, 1.82) is 0 Å². The molecule has 0 saturated carbocycles. The fourth-order valence-electron chi connectivity index (χ4n) is 23.3. The van der Waals surface area contributed by atoms with Crippen molar-refractivity contribution < 1.29 is 23.7 Å². The molecule has 7 aliphatic carbocycles. The lowest BCUT2D eigenvalue weighted by molar-refractivity contribution is 0.140. The maximum absolute atomic E-state index is 6.27. The van der Waals surface area contributed by atoms with E-state index in [0.717, 1.165) is 215 Å². The van der Waals surface area contributed by atoms with Gasteiger partial charge >= 0.3 is 0 Å². The molecule has 35 heteroatoms. The molecule has 3 fully saturated rings. The number of likely N-dealkylation sites (N-methyl/N-ethyl adjacent to an activating group) is 1. The van der Waals surface area contributed by atoms with Crippen LogP contribution in [0.4, 0.5) is 51.4 Å². The monoisotopic (exact) mass is 2040 g/mol. The quantitative estimate of drug-likeness (QED) is 0.0202. The maximum Gasteiger partial charge on any atom is 0.257 e. The molecule has 0 atom stereocenters. The molecule has 0 amide bonds. The number of nitrogens with zero attached hydrogens (tertiary/aromatic N) is 21. The summed E-state index contributed by atoms with van der Waals surface area (Å²) in [5, 5.41) is 39.1. The van der Waals surface area contributed by atoms with Crippen molar-refractivity contribution >= 4 is 90.1 Å². The molecule has 150 heavy (non-hydrogen) atoms. The van der Waals surface area contributed by atoms with Crippen molar-refractivity contribution in [2.75, 3.05) is 183 Å². The van der Waals surface area contributed by atoms with E-state index in [2.05, 4.69) is 195 Å². The molecule has 794 valence electrons. The molecule has 3 saturated heterocycles. The van der Waals surface area contributed by atoms with E-state index in [1.165, 1.54) is 214 Å². The Labute approximate surface area is 879 Å². The van der Waals surface area contributed by atoms with Crippen LogP contribution in [0.3, 0.4) is 0 Å². The Kier molecular flexibility index (Phi) is 33.0. The molecule has 16 aromatic rings. The molecule has 26 rings (SSSR count). The third-order valence-corrected chi connectivity index (χ3v) is 31.3. The second-order valence-electron chi connectivity index (χ2n) is 42.3. The predicted molar refractivity (Wildman–Crippen MR) is 599 cm³/mol. The van der Waals surface area contributed by atoms with Gasteiger partial charge in [0.1, 0.15) is 59.6 Å². The first-order valence-electron chi connectivity index (χ1n) is 55.3. The summed E-state index contributed by atoms with van der Waals surface area (Å²) in [4.78, 5) is 20.3. The van der Waals surface area contributed by atoms with Crippen LogP contribution in [0.25, 0.3) is 38.6 Å². The molecule has 19 heterocycles. The zero-order chi connectivity index (χ0) is 103. The second-order valence-corrected chi connectivity index (χ2v) is 42.3. The van der Waals surface area contributed by atoms with Crippen LogP contribution in [0.15, 0.2) is 134 Å². The summed E-state index contributed by atoms with van der Waals surface area (Å²) >= 11 is 0. The molecule has 0 radical (unpaired) electrons. The van der Waals surface area contributed by atoms with Gasteiger partial charge in [0.05, 0.1) is 51.8 Å². The Morgan fingerprint density at radius 2 is 0.613 bits per heavy atom. The van der Waals surface area contributed by atoms with Crippen LogP contribution in [0, 0.1) is 0 Å². The Balaban J connectivity index is 0.000000106. The van der Waals surface area contributed by atoms with E-state index in [-0.39, 0.29) is 0 Å². The standard InChI is InChI=1S/C18H28N4O.2C17H18N4O.C17H24N4O.C16H23N5.C16H22N4O.C14H21N5/c1-12(2)21(13(3)4)10-11-23-18-17(19)16-9-8-14-6-5-7-15(14)22(16)20-18;18-16-15-7-6-13-4-1-5-14(13)21(15)20-17(16)22-10-8-12-3-2-9-19-11-12;18-16-15-8-7-12-4-3-6-14(12)21(15)20-17(16)22-11-9-13-5-1-2-10-19-13;18-16-15-8-7-13-5-4-6-14(13)21(15)19-17(16)22-12-11-20-9-2-1-3-10-20;17-15-14-7-6-12-4-3-5-13(12)21(14)19-16(15)18-8-11-20-9-1-2-10-20;17-15-14-7-6-12-4-3-5-13(12)20(14)18-16(15)21-11-10-19-8-1-2-9-19;1-18(2)9-8-16-14-13(15)12-7-6-10-4-3-5-11(10)19(12)17-14/h8-9,12-13H,5-7,10-11,19H2,1-4H3;2-3,6-7,9,11H,1,4-5,8,10,18H2;1-2,5,7-8,10H,3-4,6,9,11,18H2;7-8H,1-6,9-12,18H2;6-7H,1-5,8-11,17H2,(H,18,19);6-7H,1-5,8-11,17H2;6-7H,3-5,8-9,15H2,1-2H3,(H,16,17). The summed E-state index contributed by atoms with van der Waals surface area (Å²) in [5.74, 6) is 4.46. The van der Waals surface area contributed by atoms with Crippen LogP contribution in [-0.4, -0.2) is 246 Å². The van der Waals surface area contributed by atoms with Gasteiger partial charge in [0.25, 0.3) is 29.4 Å². The number of nitrogens with one attached hydrogen (secondary N) is 2. The van der Waals surface area contributed by atoms with Crippen molar-refractivity contribution in [2.24, 2.45) is 0 Å². The fourth-order valence-corrected chi connectivity index (χ4v) is 23.3. The van der Waals surface area contributed by atoms with E-state index in [9.17, 15) is 0 Å². The number of ether oxygens (including phenoxy) is 5. The van der Waals surface area contributed by atoms with Crippen molar-refractivity contribution in [3.8, 4) is 29.4 Å². The average Bonchev–Trinajstić information content (AvgIpc) is 1.65. The van der Waals surface area contributed by atoms with Gasteiger partial charge in [0.15, 0.2) is 11.6 Å². The molecule has 0 spiro atoms. The van der Waals surface area contributed by atoms with E-state index in [0.29, 0.717) is 103 Å². The van der Waals surface area contributed by atoms with Gasteiger partial charge in [-0.05, 0) is 360 Å². The van der Waals surface area contributed by atoms with Crippen LogP contribution in [-0.2, 0) is 103 Å². The van der Waals surface area contributed by atoms with Crippen molar-refractivity contribution in [1.82, 2.24) is 102 Å². The third-order valence-electron chi connectivity index (χ3n) is 31.3. The highest BCUT2D eigenvalue weighted by molar-refractivity contribution is 5.84. The molecular weight excluding hydrogens is 1880 g/mol. The number of anilines is 9. The van der Waals surface area contributed by atoms with Gasteiger partial charge in [-0.3, -0.25) is 24.7 Å². The van der Waals surface area contributed by atoms with Gasteiger partial charge < -0.3 is 84.3 Å². The van der Waals surface area contributed by atoms with Crippen LogP contribution in [0.5, 0.6) is 29.4 Å². The number of nitrogens with two attached hydrogens (primary N) is 7. The number of nitrogen functional groups attached to an aromatic ring is 7. The maximum atomic E-state index is 6.27. The van der Waals surface area contributed by atoms with Gasteiger partial charge in [-0.25, -0.2) is 31.6 Å². The number of rotatable bonds is 30. The number of hydrogen-bond acceptors (Lipinski definition) is 28. The first-order valence-corrected chi connectivity index (χ1v) is 55.3. The number of pyridine rings is 9. The average molecular weight is 2040 g/mol. The summed E-state index contributed by atoms with van der Waals surface area (Å²) in [7, 11) is 4.11. The predicted octanol–water partition coefficient (Wildman–Crippen LogP) is 15.2. The smallest absolute Gasteiger partial charge is 0.257 e. The summed E-state index contributed by atoms with van der Waals surface area (Å²) < 4.78 is 43.2. The summed E-state index contributed by atoms with van der Waals surface area (Å²) in [6.07, 6.45) is 40.2. The van der Waals surface area contributed by atoms with Crippen molar-refractivity contribution in [2.45, 2.75) is 232 Å². The molecule has 0 unspecified atom stereocenters. The van der Waals surface area contributed by atoms with Gasteiger partial charge in [-0.1, -0.05) is 61.0 Å². The van der Waals surface area contributed by atoms with E-state index in [1.807, 2.05) is 75.8 Å². The Bertz CT molecular complexity index is 7030. The lowest BCUT2D eigenvalue weighted by Crippen LogP contribution is -2.39. The van der Waals surface area contributed by atoms with Crippen molar-refractivity contribution in [3.63, 3.8) is 0 Å². The summed E-state index contributed by atoms with van der Waals surface area (Å²) in [6, 6.07) is 40.6. The summed E-state index contributed by atoms with van der Waals surface area (Å²) in [5.41, 5.74) is 76.2. The molecule has 0 bridgehead atoms. The topological polar surface area (TPSA) is 415 Å². The van der Waals surface area contributed by atoms with Gasteiger partial charge in [0, 0.05) is 135 Å².